The van der Waals surface area contributed by atoms with Gasteiger partial charge in [-0.05, 0) is 50.2 Å². The van der Waals surface area contributed by atoms with Crippen LogP contribution in [0.3, 0.4) is 0 Å². The molecule has 0 bridgehead atoms. The Morgan fingerprint density at radius 1 is 1.29 bits per heavy atom. The Morgan fingerprint density at radius 2 is 1.94 bits per heavy atom. The lowest BCUT2D eigenvalue weighted by Gasteiger charge is -2.43. The average molecular weight is 258 g/mol. The minimum Gasteiger partial charge on any atom is -0.615 e. The summed E-state index contributed by atoms with van der Waals surface area (Å²) in [4.78, 5) is 12.0. The van der Waals surface area contributed by atoms with Crippen molar-refractivity contribution in [1.82, 2.24) is 0 Å². The van der Waals surface area contributed by atoms with Gasteiger partial charge in [-0.1, -0.05) is 6.42 Å². The Labute approximate surface area is 106 Å². The van der Waals surface area contributed by atoms with Crippen LogP contribution in [0.5, 0.6) is 0 Å². The van der Waals surface area contributed by atoms with E-state index in [1.165, 1.54) is 6.42 Å². The van der Waals surface area contributed by atoms with Gasteiger partial charge in [0, 0.05) is 12.8 Å². The van der Waals surface area contributed by atoms with Crippen molar-refractivity contribution in [3.63, 3.8) is 0 Å². The molecule has 98 valence electrons. The molecule has 2 aliphatic carbocycles. The van der Waals surface area contributed by atoms with Gasteiger partial charge in [0.05, 0.1) is 6.61 Å². The Bertz CT molecular complexity index is 270. The number of esters is 1. The molecule has 1 atom stereocenters. The highest BCUT2D eigenvalue weighted by Gasteiger charge is 2.58. The Balaban J connectivity index is 2.03. The first-order chi connectivity index (χ1) is 8.20. The van der Waals surface area contributed by atoms with E-state index in [1.807, 2.05) is 6.92 Å². The lowest BCUT2D eigenvalue weighted by Crippen LogP contribution is -2.56. The molecule has 0 radical (unpaired) electrons. The first kappa shape index (κ1) is 13.2. The lowest BCUT2D eigenvalue weighted by molar-refractivity contribution is -0.148. The van der Waals surface area contributed by atoms with Gasteiger partial charge in [-0.3, -0.25) is 0 Å². The lowest BCUT2D eigenvalue weighted by atomic mass is 9.84. The van der Waals surface area contributed by atoms with Crippen LogP contribution in [0.2, 0.25) is 0 Å². The maximum Gasteiger partial charge on any atom is 0.362 e. The molecule has 2 rings (SSSR count). The molecule has 17 heavy (non-hydrogen) atoms. The summed E-state index contributed by atoms with van der Waals surface area (Å²) in [7, 11) is 0. The quantitative estimate of drug-likeness (QED) is 0.575. The first-order valence-electron chi connectivity index (χ1n) is 6.78. The van der Waals surface area contributed by atoms with Crippen molar-refractivity contribution in [2.24, 2.45) is 0 Å². The Morgan fingerprint density at radius 3 is 2.41 bits per heavy atom. The number of carbonyl (C=O) groups excluding carboxylic acids is 1. The molecule has 0 amide bonds. The van der Waals surface area contributed by atoms with Crippen LogP contribution >= 0.6 is 0 Å². The predicted molar refractivity (Wildman–Crippen MR) is 68.2 cm³/mol. The fourth-order valence-corrected chi connectivity index (χ4v) is 5.16. The number of hydrogen-bond acceptors (Lipinski definition) is 3. The summed E-state index contributed by atoms with van der Waals surface area (Å²) in [6, 6.07) is 0. The fourth-order valence-electron chi connectivity index (χ4n) is 2.85. The van der Waals surface area contributed by atoms with Crippen LogP contribution in [0.15, 0.2) is 0 Å². The summed E-state index contributed by atoms with van der Waals surface area (Å²) in [6.07, 6.45) is 8.15. The molecule has 3 nitrogen and oxygen atoms in total. The van der Waals surface area contributed by atoms with E-state index in [1.54, 1.807) is 0 Å². The third-order valence-electron chi connectivity index (χ3n) is 4.05. The molecule has 0 spiro atoms. The predicted octanol–water partition coefficient (Wildman–Crippen LogP) is 2.55. The highest BCUT2D eigenvalue weighted by molar-refractivity contribution is 7.94. The number of carbonyl (C=O) groups is 1. The maximum atomic E-state index is 12.6. The molecule has 0 saturated heterocycles. The van der Waals surface area contributed by atoms with Gasteiger partial charge in [0.15, 0.2) is 0 Å². The second-order valence-electron chi connectivity index (χ2n) is 5.13. The van der Waals surface area contributed by atoms with Crippen LogP contribution in [0, 0.1) is 0 Å². The summed E-state index contributed by atoms with van der Waals surface area (Å²) >= 11 is -1.03. The van der Waals surface area contributed by atoms with Crippen molar-refractivity contribution in [1.29, 1.82) is 0 Å². The molecule has 0 aromatic rings. The maximum absolute atomic E-state index is 12.6. The molecule has 1 unspecified atom stereocenters. The summed E-state index contributed by atoms with van der Waals surface area (Å²) in [5, 5.41) is 0.230. The van der Waals surface area contributed by atoms with Gasteiger partial charge in [-0.2, -0.15) is 0 Å². The first-order valence-corrected chi connectivity index (χ1v) is 8.00. The zero-order valence-corrected chi connectivity index (χ0v) is 11.4. The molecular formula is C13H22O3S. The van der Waals surface area contributed by atoms with Crippen molar-refractivity contribution in [3.05, 3.63) is 0 Å². The second-order valence-corrected chi connectivity index (χ2v) is 7.17. The largest absolute Gasteiger partial charge is 0.615 e. The molecule has 0 heterocycles. The molecule has 2 aliphatic rings. The van der Waals surface area contributed by atoms with Crippen molar-refractivity contribution >= 4 is 17.1 Å². The van der Waals surface area contributed by atoms with Crippen LogP contribution in [-0.2, 0) is 20.7 Å². The molecule has 0 aromatic carbocycles. The fraction of sp³-hybridized carbons (Fsp3) is 0.923. The number of hydrogen-bond donors (Lipinski definition) is 0. The van der Waals surface area contributed by atoms with Crippen LogP contribution in [0.1, 0.15) is 58.3 Å². The average Bonchev–Trinajstić information content (AvgIpc) is 2.29. The molecular weight excluding hydrogens is 236 g/mol. The second kappa shape index (κ2) is 5.61. The summed E-state index contributed by atoms with van der Waals surface area (Å²) < 4.78 is 17.1. The van der Waals surface area contributed by atoms with Gasteiger partial charge in [0.1, 0.15) is 5.25 Å². The van der Waals surface area contributed by atoms with Gasteiger partial charge < -0.3 is 9.29 Å². The standard InChI is InChI=1S/C13H22O3S/c1-2-16-12(14)13(9-6-10-13)17(15)11-7-4-3-5-8-11/h11H,2-10H2,1H3. The van der Waals surface area contributed by atoms with Gasteiger partial charge in [-0.25, -0.2) is 4.79 Å². The van der Waals surface area contributed by atoms with Crippen LogP contribution < -0.4 is 0 Å². The van der Waals surface area contributed by atoms with Crippen molar-refractivity contribution in [2.75, 3.05) is 6.61 Å². The Hall–Kier alpha value is -0.220. The van der Waals surface area contributed by atoms with E-state index in [0.29, 0.717) is 6.61 Å². The summed E-state index contributed by atoms with van der Waals surface area (Å²) in [5.74, 6) is -0.213. The third kappa shape index (κ3) is 2.48. The zero-order valence-electron chi connectivity index (χ0n) is 10.6. The smallest absolute Gasteiger partial charge is 0.362 e. The number of rotatable bonds is 4. The van der Waals surface area contributed by atoms with Crippen molar-refractivity contribution in [3.8, 4) is 0 Å². The van der Waals surface area contributed by atoms with E-state index in [-0.39, 0.29) is 11.2 Å². The third-order valence-corrected chi connectivity index (χ3v) is 6.47. The SMILES string of the molecule is CCOC(=O)C1([S+]([O-])C2CCCCC2)CCC1. The van der Waals surface area contributed by atoms with Crippen LogP contribution in [0.4, 0.5) is 0 Å². The molecule has 0 aliphatic heterocycles. The van der Waals surface area contributed by atoms with E-state index in [9.17, 15) is 9.35 Å². The molecule has 4 heteroatoms. The van der Waals surface area contributed by atoms with Crippen molar-refractivity contribution in [2.45, 2.75) is 68.3 Å². The molecule has 2 fully saturated rings. The topological polar surface area (TPSA) is 49.4 Å². The van der Waals surface area contributed by atoms with E-state index in [0.717, 1.165) is 44.9 Å². The van der Waals surface area contributed by atoms with Crippen molar-refractivity contribution < 1.29 is 14.1 Å². The van der Waals surface area contributed by atoms with E-state index in [4.69, 9.17) is 4.74 Å². The van der Waals surface area contributed by atoms with E-state index >= 15 is 0 Å². The van der Waals surface area contributed by atoms with E-state index < -0.39 is 15.9 Å². The highest BCUT2D eigenvalue weighted by atomic mass is 32.2. The Kier molecular flexibility index (Phi) is 4.36. The minimum atomic E-state index is -1.03. The van der Waals surface area contributed by atoms with Gasteiger partial charge in [0.2, 0.25) is 4.75 Å². The van der Waals surface area contributed by atoms with Gasteiger partial charge in [0.25, 0.3) is 0 Å². The normalized spacial score (nSPS) is 26.0. The number of ether oxygens (including phenoxy) is 1. The zero-order chi connectivity index (χ0) is 12.3. The molecule has 0 aromatic heterocycles. The van der Waals surface area contributed by atoms with Gasteiger partial charge in [-0.15, -0.1) is 0 Å². The summed E-state index contributed by atoms with van der Waals surface area (Å²) in [6.45, 7) is 2.20. The monoisotopic (exact) mass is 258 g/mol. The van der Waals surface area contributed by atoms with Gasteiger partial charge >= 0.3 is 5.97 Å². The molecule has 2 saturated carbocycles. The summed E-state index contributed by atoms with van der Waals surface area (Å²) in [5.41, 5.74) is 0. The molecule has 0 N–H and O–H groups in total. The highest BCUT2D eigenvalue weighted by Crippen LogP contribution is 2.44. The minimum absolute atomic E-state index is 0.213. The van der Waals surface area contributed by atoms with E-state index in [2.05, 4.69) is 0 Å². The van der Waals surface area contributed by atoms with Crippen LogP contribution in [-0.4, -0.2) is 27.1 Å². The van der Waals surface area contributed by atoms with Crippen LogP contribution in [0.25, 0.3) is 0 Å².